The SMILES string of the molecule is CNCCn1cc(S(=O)(=O)NCCCN2CCCC2)cn1. The van der Waals surface area contributed by atoms with E-state index in [1.807, 2.05) is 7.05 Å². The Balaban J connectivity index is 1.76. The van der Waals surface area contributed by atoms with E-state index in [0.29, 0.717) is 13.1 Å². The lowest BCUT2D eigenvalue weighted by molar-refractivity contribution is 0.334. The maximum absolute atomic E-state index is 12.1. The molecule has 0 bridgehead atoms. The van der Waals surface area contributed by atoms with Crippen LogP contribution in [0.15, 0.2) is 17.3 Å². The highest BCUT2D eigenvalue weighted by Crippen LogP contribution is 2.08. The smallest absolute Gasteiger partial charge is 0.243 e. The Hall–Kier alpha value is -0.960. The molecule has 2 heterocycles. The predicted molar refractivity (Wildman–Crippen MR) is 81.6 cm³/mol. The van der Waals surface area contributed by atoms with Crippen molar-refractivity contribution >= 4 is 10.0 Å². The molecule has 120 valence electrons. The zero-order chi connectivity index (χ0) is 15.1. The predicted octanol–water partition coefficient (Wildman–Crippen LogP) is -0.133. The first-order chi connectivity index (χ1) is 10.1. The largest absolute Gasteiger partial charge is 0.318 e. The van der Waals surface area contributed by atoms with Gasteiger partial charge in [0.1, 0.15) is 4.90 Å². The number of hydrogen-bond donors (Lipinski definition) is 2. The molecule has 0 unspecified atom stereocenters. The summed E-state index contributed by atoms with van der Waals surface area (Å²) >= 11 is 0. The molecule has 1 aromatic heterocycles. The normalized spacial score (nSPS) is 16.6. The molecule has 1 saturated heterocycles. The molecule has 0 saturated carbocycles. The van der Waals surface area contributed by atoms with Gasteiger partial charge in [0.15, 0.2) is 0 Å². The minimum atomic E-state index is -3.43. The van der Waals surface area contributed by atoms with Gasteiger partial charge < -0.3 is 10.2 Å². The highest BCUT2D eigenvalue weighted by Gasteiger charge is 2.16. The molecular formula is C13H25N5O2S. The first-order valence-electron chi connectivity index (χ1n) is 7.51. The Bertz CT molecular complexity index is 522. The average molecular weight is 315 g/mol. The number of sulfonamides is 1. The molecule has 7 nitrogen and oxygen atoms in total. The van der Waals surface area contributed by atoms with Gasteiger partial charge in [0.05, 0.1) is 12.7 Å². The summed E-state index contributed by atoms with van der Waals surface area (Å²) in [5.74, 6) is 0. The zero-order valence-corrected chi connectivity index (χ0v) is 13.4. The molecule has 1 fully saturated rings. The molecule has 2 rings (SSSR count). The van der Waals surface area contributed by atoms with Gasteiger partial charge >= 0.3 is 0 Å². The van der Waals surface area contributed by atoms with E-state index in [2.05, 4.69) is 20.0 Å². The Morgan fingerprint density at radius 2 is 2.00 bits per heavy atom. The Morgan fingerprint density at radius 1 is 1.24 bits per heavy atom. The third-order valence-electron chi connectivity index (χ3n) is 3.65. The molecule has 0 aliphatic carbocycles. The first kappa shape index (κ1) is 16.4. The minimum Gasteiger partial charge on any atom is -0.318 e. The van der Waals surface area contributed by atoms with Crippen LogP contribution in [0.5, 0.6) is 0 Å². The zero-order valence-electron chi connectivity index (χ0n) is 12.6. The summed E-state index contributed by atoms with van der Waals surface area (Å²) in [5.41, 5.74) is 0. The summed E-state index contributed by atoms with van der Waals surface area (Å²) < 4.78 is 28.5. The fourth-order valence-corrected chi connectivity index (χ4v) is 3.46. The van der Waals surface area contributed by atoms with Gasteiger partial charge in [0.25, 0.3) is 0 Å². The van der Waals surface area contributed by atoms with Gasteiger partial charge in [-0.05, 0) is 45.9 Å². The monoisotopic (exact) mass is 315 g/mol. The Morgan fingerprint density at radius 3 is 2.71 bits per heavy atom. The van der Waals surface area contributed by atoms with E-state index >= 15 is 0 Å². The van der Waals surface area contributed by atoms with Crippen molar-refractivity contribution in [1.29, 1.82) is 0 Å². The third-order valence-corrected chi connectivity index (χ3v) is 5.07. The molecule has 0 spiro atoms. The lowest BCUT2D eigenvalue weighted by Crippen LogP contribution is -2.28. The second-order valence-electron chi connectivity index (χ2n) is 5.34. The number of likely N-dealkylation sites (tertiary alicyclic amines) is 1. The van der Waals surface area contributed by atoms with Crippen LogP contribution < -0.4 is 10.0 Å². The van der Waals surface area contributed by atoms with Gasteiger partial charge in [-0.1, -0.05) is 0 Å². The minimum absolute atomic E-state index is 0.236. The van der Waals surface area contributed by atoms with Crippen LogP contribution in [0.25, 0.3) is 0 Å². The van der Waals surface area contributed by atoms with Crippen molar-refractivity contribution in [3.8, 4) is 0 Å². The van der Waals surface area contributed by atoms with Gasteiger partial charge in [-0.2, -0.15) is 5.10 Å². The second-order valence-corrected chi connectivity index (χ2v) is 7.11. The third kappa shape index (κ3) is 5.06. The molecule has 0 atom stereocenters. The molecular weight excluding hydrogens is 290 g/mol. The molecule has 1 aliphatic rings. The van der Waals surface area contributed by atoms with Crippen LogP contribution >= 0.6 is 0 Å². The Labute approximate surface area is 126 Å². The molecule has 0 amide bonds. The summed E-state index contributed by atoms with van der Waals surface area (Å²) in [7, 11) is -1.58. The first-order valence-corrected chi connectivity index (χ1v) is 8.99. The fourth-order valence-electron chi connectivity index (χ4n) is 2.43. The number of hydrogen-bond acceptors (Lipinski definition) is 5. The van der Waals surface area contributed by atoms with Crippen LogP contribution in [0.3, 0.4) is 0 Å². The number of rotatable bonds is 9. The number of nitrogens with one attached hydrogen (secondary N) is 2. The van der Waals surface area contributed by atoms with Crippen LogP contribution in [0, 0.1) is 0 Å². The van der Waals surface area contributed by atoms with Crippen molar-refractivity contribution in [3.05, 3.63) is 12.4 Å². The van der Waals surface area contributed by atoms with Crippen LogP contribution in [0.4, 0.5) is 0 Å². The van der Waals surface area contributed by atoms with E-state index in [4.69, 9.17) is 0 Å². The van der Waals surface area contributed by atoms with Crippen molar-refractivity contribution in [2.24, 2.45) is 0 Å². The van der Waals surface area contributed by atoms with E-state index in [1.165, 1.54) is 19.0 Å². The average Bonchev–Trinajstić information content (AvgIpc) is 3.13. The van der Waals surface area contributed by atoms with Crippen LogP contribution in [0.2, 0.25) is 0 Å². The topological polar surface area (TPSA) is 79.3 Å². The maximum Gasteiger partial charge on any atom is 0.243 e. The molecule has 8 heteroatoms. The second kappa shape index (κ2) is 7.88. The van der Waals surface area contributed by atoms with E-state index in [0.717, 1.165) is 32.6 Å². The molecule has 1 aliphatic heterocycles. The van der Waals surface area contributed by atoms with Crippen LogP contribution in [0.1, 0.15) is 19.3 Å². The van der Waals surface area contributed by atoms with Crippen molar-refractivity contribution in [3.63, 3.8) is 0 Å². The molecule has 0 aromatic carbocycles. The molecule has 21 heavy (non-hydrogen) atoms. The number of likely N-dealkylation sites (N-methyl/N-ethyl adjacent to an activating group) is 1. The highest BCUT2D eigenvalue weighted by atomic mass is 32.2. The summed E-state index contributed by atoms with van der Waals surface area (Å²) in [6, 6.07) is 0. The number of nitrogens with zero attached hydrogens (tertiary/aromatic N) is 3. The fraction of sp³-hybridized carbons (Fsp3) is 0.769. The van der Waals surface area contributed by atoms with Crippen LogP contribution in [-0.4, -0.2) is 62.9 Å². The van der Waals surface area contributed by atoms with Gasteiger partial charge in [0.2, 0.25) is 10.0 Å². The quantitative estimate of drug-likeness (QED) is 0.621. The summed E-state index contributed by atoms with van der Waals surface area (Å²) in [5, 5.41) is 7.06. The van der Waals surface area contributed by atoms with Crippen molar-refractivity contribution < 1.29 is 8.42 Å². The van der Waals surface area contributed by atoms with Crippen molar-refractivity contribution in [1.82, 2.24) is 24.7 Å². The maximum atomic E-state index is 12.1. The van der Waals surface area contributed by atoms with Gasteiger partial charge in [-0.3, -0.25) is 4.68 Å². The molecule has 0 radical (unpaired) electrons. The molecule has 1 aromatic rings. The van der Waals surface area contributed by atoms with Crippen molar-refractivity contribution in [2.75, 3.05) is 39.8 Å². The van der Waals surface area contributed by atoms with Crippen molar-refractivity contribution in [2.45, 2.75) is 30.7 Å². The van der Waals surface area contributed by atoms with Gasteiger partial charge in [-0.15, -0.1) is 0 Å². The number of aromatic nitrogens is 2. The summed E-state index contributed by atoms with van der Waals surface area (Å²) in [6.45, 7) is 5.13. The van der Waals surface area contributed by atoms with Crippen LogP contribution in [-0.2, 0) is 16.6 Å². The Kier molecular flexibility index (Phi) is 6.16. The summed E-state index contributed by atoms with van der Waals surface area (Å²) in [6.07, 6.45) is 6.33. The van der Waals surface area contributed by atoms with E-state index in [9.17, 15) is 8.42 Å². The highest BCUT2D eigenvalue weighted by molar-refractivity contribution is 7.89. The van der Waals surface area contributed by atoms with E-state index in [1.54, 1.807) is 10.9 Å². The van der Waals surface area contributed by atoms with Gasteiger partial charge in [0, 0.05) is 19.3 Å². The van der Waals surface area contributed by atoms with E-state index < -0.39 is 10.0 Å². The lowest BCUT2D eigenvalue weighted by Gasteiger charge is -2.14. The molecule has 2 N–H and O–H groups in total. The summed E-state index contributed by atoms with van der Waals surface area (Å²) in [4.78, 5) is 2.61. The standard InChI is InChI=1S/C13H25N5O2S/c1-14-6-10-18-12-13(11-15-18)21(19,20)16-5-4-9-17-7-2-3-8-17/h11-12,14,16H,2-10H2,1H3. The van der Waals surface area contributed by atoms with Gasteiger partial charge in [-0.25, -0.2) is 13.1 Å². The van der Waals surface area contributed by atoms with E-state index in [-0.39, 0.29) is 4.90 Å². The lowest BCUT2D eigenvalue weighted by atomic mass is 10.4.